The van der Waals surface area contributed by atoms with Crippen LogP contribution in [0.5, 0.6) is 0 Å². The van der Waals surface area contributed by atoms with Crippen molar-refractivity contribution in [2.45, 2.75) is 87.8 Å². The first-order valence-electron chi connectivity index (χ1n) is 12.7. The van der Waals surface area contributed by atoms with Crippen molar-refractivity contribution in [2.75, 3.05) is 5.73 Å². The summed E-state index contributed by atoms with van der Waals surface area (Å²) in [6.45, 7) is 2.14. The van der Waals surface area contributed by atoms with Crippen molar-refractivity contribution >= 4 is 22.2 Å². The normalized spacial score (nSPS) is 44.0. The molecule has 182 valence electrons. The molecule has 1 heterocycles. The second kappa shape index (κ2) is 7.23. The molecule has 34 heavy (non-hydrogen) atoms. The number of aromatic nitrogens is 1. The minimum atomic E-state index is -1.99. The van der Waals surface area contributed by atoms with Gasteiger partial charge in [-0.25, -0.2) is 13.8 Å². The van der Waals surface area contributed by atoms with Gasteiger partial charge in [-0.3, -0.25) is 0 Å². The van der Waals surface area contributed by atoms with Crippen LogP contribution in [0.15, 0.2) is 36.5 Å². The summed E-state index contributed by atoms with van der Waals surface area (Å²) in [5, 5.41) is 24.2. The number of nitrogens with zero attached hydrogens (tertiary/aromatic N) is 1. The molecule has 6 unspecified atom stereocenters. The summed E-state index contributed by atoms with van der Waals surface area (Å²) in [5.41, 5.74) is 2.55. The van der Waals surface area contributed by atoms with E-state index < -0.39 is 28.5 Å². The highest BCUT2D eigenvalue weighted by Crippen LogP contribution is 2.67. The van der Waals surface area contributed by atoms with Crippen LogP contribution in [0.3, 0.4) is 0 Å². The molecule has 4 nitrogen and oxygen atoms in total. The van der Waals surface area contributed by atoms with Crippen LogP contribution < -0.4 is 5.73 Å². The van der Waals surface area contributed by atoms with Gasteiger partial charge in [0.15, 0.2) is 0 Å². The second-order valence-corrected chi connectivity index (χ2v) is 11.7. The van der Waals surface area contributed by atoms with E-state index in [1.807, 2.05) is 12.1 Å². The van der Waals surface area contributed by atoms with Crippen LogP contribution in [-0.4, -0.2) is 38.2 Å². The van der Waals surface area contributed by atoms with Crippen LogP contribution in [0.2, 0.25) is 0 Å². The molecular formula is C28H34F2N2O2. The Morgan fingerprint density at radius 3 is 2.74 bits per heavy atom. The van der Waals surface area contributed by atoms with E-state index in [0.717, 1.165) is 21.9 Å². The van der Waals surface area contributed by atoms with Gasteiger partial charge in [0.1, 0.15) is 22.8 Å². The van der Waals surface area contributed by atoms with Crippen LogP contribution in [-0.2, 0) is 0 Å². The standard InChI is InChI=1S/C28H34F2N2O2/c1-25-11-12-27(30)16-26(29)15-20(33)5-4-19(26)8-10-28(27,34)23(25)7-6-22(25)18-3-2-17-9-13-32-24(31)21(17)14-18/h2-3,6,9,13-14,19-20,23,33-34H,4-5,7-8,10-12,15-16H2,1H3,(H2,31,32)/t19?,20?,23?,25?,26?,27?,28-/m0/s1. The van der Waals surface area contributed by atoms with E-state index in [1.54, 1.807) is 6.20 Å². The van der Waals surface area contributed by atoms with Crippen LogP contribution in [0.4, 0.5) is 14.6 Å². The molecule has 1 aromatic heterocycles. The summed E-state index contributed by atoms with van der Waals surface area (Å²) < 4.78 is 32.9. The molecule has 3 fully saturated rings. The number of nitrogen functional groups attached to an aromatic ring is 1. The predicted molar refractivity (Wildman–Crippen MR) is 129 cm³/mol. The summed E-state index contributed by atoms with van der Waals surface area (Å²) in [7, 11) is 0. The molecule has 0 amide bonds. The molecule has 0 spiro atoms. The third-order valence-electron chi connectivity index (χ3n) is 10.0. The van der Waals surface area contributed by atoms with E-state index in [-0.39, 0.29) is 37.5 Å². The van der Waals surface area contributed by atoms with E-state index in [4.69, 9.17) is 5.73 Å². The number of rotatable bonds is 1. The number of hydrogen-bond donors (Lipinski definition) is 3. The number of halogens is 2. The van der Waals surface area contributed by atoms with Crippen molar-refractivity contribution in [1.29, 1.82) is 0 Å². The van der Waals surface area contributed by atoms with Gasteiger partial charge in [0, 0.05) is 30.3 Å². The van der Waals surface area contributed by atoms with Crippen molar-refractivity contribution in [3.05, 3.63) is 42.1 Å². The fourth-order valence-corrected chi connectivity index (χ4v) is 8.17. The molecule has 6 rings (SSSR count). The van der Waals surface area contributed by atoms with E-state index in [2.05, 4.69) is 30.1 Å². The van der Waals surface area contributed by atoms with Crippen LogP contribution in [0.1, 0.15) is 70.3 Å². The van der Waals surface area contributed by atoms with Gasteiger partial charge < -0.3 is 15.9 Å². The smallest absolute Gasteiger partial charge is 0.142 e. The van der Waals surface area contributed by atoms with Crippen molar-refractivity contribution in [1.82, 2.24) is 4.98 Å². The largest absolute Gasteiger partial charge is 0.393 e. The minimum absolute atomic E-state index is 0.0165. The Morgan fingerprint density at radius 2 is 1.91 bits per heavy atom. The number of anilines is 1. The van der Waals surface area contributed by atoms with E-state index in [0.29, 0.717) is 37.9 Å². The second-order valence-electron chi connectivity index (χ2n) is 11.7. The van der Waals surface area contributed by atoms with Crippen molar-refractivity contribution in [3.8, 4) is 0 Å². The SMILES string of the molecule is CC12CCC3(F)CC4(F)CC(O)CCC4CC[C@]3(O)C1CC=C2c1ccc2ccnc(N)c2c1. The van der Waals surface area contributed by atoms with Crippen molar-refractivity contribution in [2.24, 2.45) is 17.3 Å². The van der Waals surface area contributed by atoms with Gasteiger partial charge in [-0.15, -0.1) is 0 Å². The molecule has 4 aliphatic carbocycles. The Balaban J connectivity index is 1.37. The maximum atomic E-state index is 16.8. The highest BCUT2D eigenvalue weighted by atomic mass is 19.2. The first kappa shape index (κ1) is 22.4. The Labute approximate surface area is 199 Å². The van der Waals surface area contributed by atoms with Gasteiger partial charge in [0.2, 0.25) is 0 Å². The number of benzene rings is 1. The molecule has 4 N–H and O–H groups in total. The minimum Gasteiger partial charge on any atom is -0.393 e. The maximum absolute atomic E-state index is 16.8. The first-order chi connectivity index (χ1) is 16.1. The molecule has 0 aliphatic heterocycles. The third-order valence-corrected chi connectivity index (χ3v) is 10.0. The summed E-state index contributed by atoms with van der Waals surface area (Å²) in [4.78, 5) is 4.22. The fraction of sp³-hybridized carbons (Fsp3) is 0.607. The van der Waals surface area contributed by atoms with E-state index in [9.17, 15) is 10.2 Å². The van der Waals surface area contributed by atoms with Gasteiger partial charge in [0.05, 0.1) is 6.10 Å². The third kappa shape index (κ3) is 2.97. The molecular weight excluding hydrogens is 434 g/mol. The lowest BCUT2D eigenvalue weighted by molar-refractivity contribution is -0.201. The van der Waals surface area contributed by atoms with E-state index >= 15 is 8.78 Å². The summed E-state index contributed by atoms with van der Waals surface area (Å²) in [5.74, 6) is -0.134. The number of aliphatic hydroxyl groups excluding tert-OH is 1. The first-order valence-corrected chi connectivity index (χ1v) is 12.7. The molecule has 7 atom stereocenters. The maximum Gasteiger partial charge on any atom is 0.142 e. The number of pyridine rings is 1. The number of nitrogens with two attached hydrogens (primary N) is 1. The lowest BCUT2D eigenvalue weighted by Gasteiger charge is -2.56. The molecule has 3 saturated carbocycles. The fourth-order valence-electron chi connectivity index (χ4n) is 8.17. The highest BCUT2D eigenvalue weighted by Gasteiger charge is 2.69. The Morgan fingerprint density at radius 1 is 1.09 bits per heavy atom. The summed E-state index contributed by atoms with van der Waals surface area (Å²) in [6, 6.07) is 8.09. The van der Waals surface area contributed by atoms with Crippen molar-refractivity contribution < 1.29 is 19.0 Å². The predicted octanol–water partition coefficient (Wildman–Crippen LogP) is 5.51. The van der Waals surface area contributed by atoms with Crippen LogP contribution >= 0.6 is 0 Å². The molecule has 4 aliphatic rings. The zero-order valence-electron chi connectivity index (χ0n) is 19.7. The average molecular weight is 469 g/mol. The van der Waals surface area contributed by atoms with Crippen LogP contribution in [0, 0.1) is 17.3 Å². The lowest BCUT2D eigenvalue weighted by atomic mass is 9.52. The van der Waals surface area contributed by atoms with Crippen LogP contribution in [0.25, 0.3) is 16.3 Å². The monoisotopic (exact) mass is 468 g/mol. The molecule has 2 aromatic rings. The Hall–Kier alpha value is -2.05. The van der Waals surface area contributed by atoms with Gasteiger partial charge in [-0.1, -0.05) is 25.1 Å². The molecule has 1 aromatic carbocycles. The Kier molecular flexibility index (Phi) is 4.77. The number of alkyl halides is 2. The average Bonchev–Trinajstić information content (AvgIpc) is 3.10. The van der Waals surface area contributed by atoms with E-state index in [1.165, 1.54) is 0 Å². The number of aliphatic hydroxyl groups is 2. The summed E-state index contributed by atoms with van der Waals surface area (Å²) in [6.07, 6.45) is 5.89. The van der Waals surface area contributed by atoms with Gasteiger partial charge in [0.25, 0.3) is 0 Å². The zero-order valence-corrected chi connectivity index (χ0v) is 19.7. The topological polar surface area (TPSA) is 79.4 Å². The van der Waals surface area contributed by atoms with Crippen molar-refractivity contribution in [3.63, 3.8) is 0 Å². The zero-order chi connectivity index (χ0) is 23.9. The summed E-state index contributed by atoms with van der Waals surface area (Å²) >= 11 is 0. The molecule has 6 heteroatoms. The number of hydrogen-bond acceptors (Lipinski definition) is 4. The van der Waals surface area contributed by atoms with Gasteiger partial charge in [-0.2, -0.15) is 0 Å². The highest BCUT2D eigenvalue weighted by molar-refractivity contribution is 5.93. The lowest BCUT2D eigenvalue weighted by Crippen LogP contribution is -2.63. The molecule has 0 radical (unpaired) electrons. The molecule has 0 bridgehead atoms. The van der Waals surface area contributed by atoms with Gasteiger partial charge >= 0.3 is 0 Å². The number of fused-ring (bicyclic) bond motifs is 5. The Bertz CT molecular complexity index is 1190. The quantitative estimate of drug-likeness (QED) is 0.515. The van der Waals surface area contributed by atoms with Gasteiger partial charge in [-0.05, 0) is 84.9 Å². The number of allylic oxidation sites excluding steroid dienone is 2. The molecule has 0 saturated heterocycles.